The molecule has 0 saturated heterocycles. The molecular formula is C21H23N7O4. The molecule has 0 spiro atoms. The van der Waals surface area contributed by atoms with E-state index in [-0.39, 0.29) is 11.5 Å². The molecule has 3 aromatic heterocycles. The molecule has 166 valence electrons. The first kappa shape index (κ1) is 21.2. The number of benzene rings is 1. The summed E-state index contributed by atoms with van der Waals surface area (Å²) in [6.07, 6.45) is 2.17. The molecule has 0 aliphatic rings. The summed E-state index contributed by atoms with van der Waals surface area (Å²) in [5, 5.41) is 21.7. The fraction of sp³-hybridized carbons (Fsp3) is 0.333. The Morgan fingerprint density at radius 3 is 2.75 bits per heavy atom. The number of aromatic nitrogens is 5. The molecule has 32 heavy (non-hydrogen) atoms. The maximum Gasteiger partial charge on any atom is 0.272 e. The van der Waals surface area contributed by atoms with Gasteiger partial charge in [0, 0.05) is 37.4 Å². The van der Waals surface area contributed by atoms with Crippen LogP contribution >= 0.6 is 0 Å². The Morgan fingerprint density at radius 1 is 1.09 bits per heavy atom. The highest BCUT2D eigenvalue weighted by molar-refractivity contribution is 5.90. The van der Waals surface area contributed by atoms with E-state index in [1.54, 1.807) is 19.1 Å². The molecular weight excluding hydrogens is 414 g/mol. The number of fused-ring (bicyclic) bond motifs is 1. The SMILES string of the molecule is Cc1cc(-c2noc(CCCC(=O)NCCCNc3n[nH]c(=O)c4ccccc34)n2)no1. The van der Waals surface area contributed by atoms with E-state index in [1.165, 1.54) is 0 Å². The Morgan fingerprint density at radius 2 is 1.94 bits per heavy atom. The summed E-state index contributed by atoms with van der Waals surface area (Å²) < 4.78 is 10.2. The third-order valence-corrected chi connectivity index (χ3v) is 4.78. The zero-order chi connectivity index (χ0) is 22.3. The van der Waals surface area contributed by atoms with Crippen LogP contribution in [0.1, 0.15) is 30.9 Å². The molecule has 0 radical (unpaired) electrons. The summed E-state index contributed by atoms with van der Waals surface area (Å²) >= 11 is 0. The zero-order valence-corrected chi connectivity index (χ0v) is 17.6. The van der Waals surface area contributed by atoms with E-state index in [1.807, 2.05) is 18.2 Å². The van der Waals surface area contributed by atoms with E-state index in [4.69, 9.17) is 9.05 Å². The summed E-state index contributed by atoms with van der Waals surface area (Å²) in [5.74, 6) is 2.08. The van der Waals surface area contributed by atoms with E-state index >= 15 is 0 Å². The Hall–Kier alpha value is -4.02. The van der Waals surface area contributed by atoms with Gasteiger partial charge >= 0.3 is 0 Å². The van der Waals surface area contributed by atoms with Crippen molar-refractivity contribution in [3.8, 4) is 11.5 Å². The minimum absolute atomic E-state index is 0.0375. The minimum atomic E-state index is -0.219. The van der Waals surface area contributed by atoms with Gasteiger partial charge in [0.2, 0.25) is 17.6 Å². The molecule has 1 amide bonds. The number of amides is 1. The van der Waals surface area contributed by atoms with Gasteiger partial charge in [0.15, 0.2) is 11.5 Å². The van der Waals surface area contributed by atoms with Crippen LogP contribution in [0.4, 0.5) is 5.82 Å². The van der Waals surface area contributed by atoms with Crippen LogP contribution in [0, 0.1) is 6.92 Å². The summed E-state index contributed by atoms with van der Waals surface area (Å²) in [6, 6.07) is 9.00. The van der Waals surface area contributed by atoms with Gasteiger partial charge in [0.05, 0.1) is 5.39 Å². The Kier molecular flexibility index (Phi) is 6.54. The van der Waals surface area contributed by atoms with Gasteiger partial charge in [0.1, 0.15) is 5.76 Å². The number of anilines is 1. The summed E-state index contributed by atoms with van der Waals surface area (Å²) in [4.78, 5) is 28.1. The highest BCUT2D eigenvalue weighted by atomic mass is 16.5. The van der Waals surface area contributed by atoms with Crippen molar-refractivity contribution in [2.45, 2.75) is 32.6 Å². The molecule has 3 heterocycles. The van der Waals surface area contributed by atoms with Gasteiger partial charge in [0.25, 0.3) is 5.56 Å². The molecule has 0 saturated carbocycles. The second-order valence-electron chi connectivity index (χ2n) is 7.27. The van der Waals surface area contributed by atoms with Crippen molar-refractivity contribution in [1.29, 1.82) is 0 Å². The number of aryl methyl sites for hydroxylation is 2. The van der Waals surface area contributed by atoms with Crippen molar-refractivity contribution in [2.75, 3.05) is 18.4 Å². The maximum absolute atomic E-state index is 12.0. The Balaban J connectivity index is 1.14. The first-order chi connectivity index (χ1) is 15.6. The van der Waals surface area contributed by atoms with Crippen LogP contribution in [0.2, 0.25) is 0 Å². The van der Waals surface area contributed by atoms with Crippen molar-refractivity contribution >= 4 is 22.5 Å². The van der Waals surface area contributed by atoms with Gasteiger partial charge in [-0.15, -0.1) is 0 Å². The monoisotopic (exact) mass is 437 g/mol. The number of nitrogens with zero attached hydrogens (tertiary/aromatic N) is 4. The number of hydrogen-bond donors (Lipinski definition) is 3. The lowest BCUT2D eigenvalue weighted by atomic mass is 10.2. The normalized spacial score (nSPS) is 11.0. The first-order valence-electron chi connectivity index (χ1n) is 10.3. The largest absolute Gasteiger partial charge is 0.368 e. The van der Waals surface area contributed by atoms with Gasteiger partial charge in [-0.2, -0.15) is 10.1 Å². The molecule has 4 rings (SSSR count). The van der Waals surface area contributed by atoms with Crippen LogP contribution in [0.15, 0.2) is 44.2 Å². The second kappa shape index (κ2) is 9.86. The van der Waals surface area contributed by atoms with E-state index < -0.39 is 0 Å². The van der Waals surface area contributed by atoms with Crippen LogP contribution in [-0.4, -0.2) is 44.5 Å². The quantitative estimate of drug-likeness (QED) is 0.317. The molecule has 3 N–H and O–H groups in total. The van der Waals surface area contributed by atoms with Crippen LogP contribution in [-0.2, 0) is 11.2 Å². The van der Waals surface area contributed by atoms with E-state index in [9.17, 15) is 9.59 Å². The van der Waals surface area contributed by atoms with Gasteiger partial charge in [-0.25, -0.2) is 5.10 Å². The molecule has 0 fully saturated rings. The third-order valence-electron chi connectivity index (χ3n) is 4.78. The fourth-order valence-electron chi connectivity index (χ4n) is 3.19. The predicted octanol–water partition coefficient (Wildman–Crippen LogP) is 2.21. The topological polar surface area (TPSA) is 152 Å². The molecule has 1 aromatic carbocycles. The minimum Gasteiger partial charge on any atom is -0.368 e. The summed E-state index contributed by atoms with van der Waals surface area (Å²) in [6.45, 7) is 2.92. The average Bonchev–Trinajstić information content (AvgIpc) is 3.44. The predicted molar refractivity (Wildman–Crippen MR) is 116 cm³/mol. The number of H-pyrrole nitrogens is 1. The number of nitrogens with one attached hydrogen (secondary N) is 3. The first-order valence-corrected chi connectivity index (χ1v) is 10.3. The van der Waals surface area contributed by atoms with Crippen molar-refractivity contribution in [1.82, 2.24) is 30.8 Å². The Labute approximate surface area is 182 Å². The number of carbonyl (C=O) groups excluding carboxylic acids is 1. The average molecular weight is 437 g/mol. The van der Waals surface area contributed by atoms with Crippen LogP contribution < -0.4 is 16.2 Å². The number of carbonyl (C=O) groups is 1. The van der Waals surface area contributed by atoms with E-state index in [2.05, 4.69) is 36.1 Å². The Bertz CT molecular complexity index is 1260. The third kappa shape index (κ3) is 5.17. The molecule has 0 unspecified atom stereocenters. The lowest BCUT2D eigenvalue weighted by Gasteiger charge is -2.08. The molecule has 11 heteroatoms. The zero-order valence-electron chi connectivity index (χ0n) is 17.6. The highest BCUT2D eigenvalue weighted by Gasteiger charge is 2.13. The fourth-order valence-corrected chi connectivity index (χ4v) is 3.19. The number of aromatic amines is 1. The van der Waals surface area contributed by atoms with Gasteiger partial charge in [-0.1, -0.05) is 28.5 Å². The number of rotatable bonds is 10. The van der Waals surface area contributed by atoms with Crippen molar-refractivity contribution in [3.63, 3.8) is 0 Å². The van der Waals surface area contributed by atoms with E-state index in [0.29, 0.717) is 73.1 Å². The summed E-state index contributed by atoms with van der Waals surface area (Å²) in [7, 11) is 0. The van der Waals surface area contributed by atoms with Crippen LogP contribution in [0.25, 0.3) is 22.3 Å². The number of hydrogen-bond acceptors (Lipinski definition) is 9. The van der Waals surface area contributed by atoms with Crippen molar-refractivity contribution in [2.24, 2.45) is 0 Å². The van der Waals surface area contributed by atoms with E-state index in [0.717, 1.165) is 5.39 Å². The maximum atomic E-state index is 12.0. The van der Waals surface area contributed by atoms with Crippen molar-refractivity contribution in [3.05, 3.63) is 52.3 Å². The highest BCUT2D eigenvalue weighted by Crippen LogP contribution is 2.17. The summed E-state index contributed by atoms with van der Waals surface area (Å²) in [5.41, 5.74) is 0.303. The lowest BCUT2D eigenvalue weighted by molar-refractivity contribution is -0.121. The van der Waals surface area contributed by atoms with Crippen LogP contribution in [0.5, 0.6) is 0 Å². The van der Waals surface area contributed by atoms with Crippen molar-refractivity contribution < 1.29 is 13.8 Å². The lowest BCUT2D eigenvalue weighted by Crippen LogP contribution is -2.25. The molecule has 11 nitrogen and oxygen atoms in total. The molecule has 0 bridgehead atoms. The molecule has 0 aliphatic heterocycles. The smallest absolute Gasteiger partial charge is 0.272 e. The van der Waals surface area contributed by atoms with Gasteiger partial charge < -0.3 is 19.7 Å². The molecule has 0 aliphatic carbocycles. The second-order valence-corrected chi connectivity index (χ2v) is 7.27. The molecule has 0 atom stereocenters. The van der Waals surface area contributed by atoms with Gasteiger partial charge in [-0.05, 0) is 25.8 Å². The molecule has 4 aromatic rings. The van der Waals surface area contributed by atoms with Crippen LogP contribution in [0.3, 0.4) is 0 Å². The van der Waals surface area contributed by atoms with Gasteiger partial charge in [-0.3, -0.25) is 9.59 Å². The standard InChI is InChI=1S/C21H23N7O4/c1-13-12-16(27-31-13)20-24-18(32-28-20)9-4-8-17(29)22-10-5-11-23-19-14-6-2-3-7-15(14)21(30)26-25-19/h2-3,6-7,12H,4-5,8-11H2,1H3,(H,22,29)(H,23,25)(H,26,30).